The number of nitrogens with zero attached hydrogens (tertiary/aromatic N) is 1. The van der Waals surface area contributed by atoms with E-state index in [0.717, 1.165) is 32.7 Å². The molecule has 0 aliphatic carbocycles. The maximum absolute atomic E-state index is 5.02. The van der Waals surface area contributed by atoms with Crippen LogP contribution in [-0.4, -0.2) is 51.3 Å². The molecule has 0 aliphatic rings. The third-order valence-electron chi connectivity index (χ3n) is 2.38. The second-order valence-electron chi connectivity index (χ2n) is 3.90. The monoisotopic (exact) mass is 202 g/mol. The van der Waals surface area contributed by atoms with Gasteiger partial charge in [0.05, 0.1) is 0 Å². The van der Waals surface area contributed by atoms with Gasteiger partial charge >= 0.3 is 0 Å². The minimum absolute atomic E-state index is 0.630. The first-order chi connectivity index (χ1) is 6.70. The van der Waals surface area contributed by atoms with Crippen LogP contribution in [0.25, 0.3) is 0 Å². The van der Waals surface area contributed by atoms with Crippen molar-refractivity contribution in [3.05, 3.63) is 0 Å². The van der Waals surface area contributed by atoms with Crippen molar-refractivity contribution in [2.45, 2.75) is 32.7 Å². The van der Waals surface area contributed by atoms with Crippen LogP contribution in [0.5, 0.6) is 0 Å². The Morgan fingerprint density at radius 2 is 2.07 bits per heavy atom. The van der Waals surface area contributed by atoms with Crippen molar-refractivity contribution in [3.63, 3.8) is 0 Å². The molecule has 3 heteroatoms. The summed E-state index contributed by atoms with van der Waals surface area (Å²) in [6, 6.07) is 0.630. The maximum Gasteiger partial charge on any atom is 0.0474 e. The number of methoxy groups -OCH3 is 1. The average Bonchev–Trinajstić information content (AvgIpc) is 2.16. The van der Waals surface area contributed by atoms with E-state index in [1.54, 1.807) is 7.11 Å². The minimum Gasteiger partial charge on any atom is -0.385 e. The van der Waals surface area contributed by atoms with E-state index < -0.39 is 0 Å². The molecule has 1 atom stereocenters. The predicted octanol–water partition coefficient (Wildman–Crippen LogP) is 1.34. The summed E-state index contributed by atoms with van der Waals surface area (Å²) < 4.78 is 5.02. The molecule has 0 aromatic rings. The van der Waals surface area contributed by atoms with Crippen LogP contribution in [0.2, 0.25) is 0 Å². The van der Waals surface area contributed by atoms with Gasteiger partial charge in [-0.15, -0.1) is 0 Å². The zero-order chi connectivity index (χ0) is 10.8. The highest BCUT2D eigenvalue weighted by molar-refractivity contribution is 4.62. The molecule has 0 fully saturated rings. The van der Waals surface area contributed by atoms with Crippen molar-refractivity contribution in [2.24, 2.45) is 0 Å². The van der Waals surface area contributed by atoms with Crippen LogP contribution in [0.15, 0.2) is 0 Å². The van der Waals surface area contributed by atoms with Crippen molar-refractivity contribution < 1.29 is 4.74 Å². The highest BCUT2D eigenvalue weighted by Crippen LogP contribution is 1.95. The molecular formula is C11H26N2O. The molecule has 3 nitrogen and oxygen atoms in total. The van der Waals surface area contributed by atoms with Crippen molar-refractivity contribution in [1.82, 2.24) is 10.2 Å². The van der Waals surface area contributed by atoms with Gasteiger partial charge in [0, 0.05) is 26.3 Å². The highest BCUT2D eigenvalue weighted by Gasteiger charge is 2.02. The highest BCUT2D eigenvalue weighted by atomic mass is 16.5. The Kier molecular flexibility index (Phi) is 9.35. The lowest BCUT2D eigenvalue weighted by Crippen LogP contribution is -2.31. The summed E-state index contributed by atoms with van der Waals surface area (Å²) in [7, 11) is 3.93. The molecule has 1 unspecified atom stereocenters. The number of hydrogen-bond donors (Lipinski definition) is 1. The van der Waals surface area contributed by atoms with Gasteiger partial charge in [-0.25, -0.2) is 0 Å². The van der Waals surface area contributed by atoms with Crippen LogP contribution < -0.4 is 5.32 Å². The summed E-state index contributed by atoms with van der Waals surface area (Å²) in [5, 5.41) is 3.42. The fourth-order valence-corrected chi connectivity index (χ4v) is 1.46. The van der Waals surface area contributed by atoms with Crippen LogP contribution in [0, 0.1) is 0 Å². The first-order valence-electron chi connectivity index (χ1n) is 5.61. The normalized spacial score (nSPS) is 13.5. The zero-order valence-electron chi connectivity index (χ0n) is 10.2. The van der Waals surface area contributed by atoms with E-state index in [-0.39, 0.29) is 0 Å². The molecule has 0 amide bonds. The zero-order valence-corrected chi connectivity index (χ0v) is 10.2. The second-order valence-corrected chi connectivity index (χ2v) is 3.90. The number of nitrogens with one attached hydrogen (secondary N) is 1. The van der Waals surface area contributed by atoms with Crippen LogP contribution in [-0.2, 0) is 4.74 Å². The Bertz CT molecular complexity index is 120. The fourth-order valence-electron chi connectivity index (χ4n) is 1.46. The standard InChI is InChI=1S/C11H26N2O/c1-5-12-11(2)7-9-13(3)8-6-10-14-4/h11-12H,5-10H2,1-4H3. The lowest BCUT2D eigenvalue weighted by atomic mass is 10.2. The number of ether oxygens (including phenoxy) is 1. The third-order valence-corrected chi connectivity index (χ3v) is 2.38. The summed E-state index contributed by atoms with van der Waals surface area (Å²) in [5.74, 6) is 0. The maximum atomic E-state index is 5.02. The molecule has 1 N–H and O–H groups in total. The Labute approximate surface area is 88.8 Å². The molecule has 0 radical (unpaired) electrons. The van der Waals surface area contributed by atoms with Crippen molar-refractivity contribution in [3.8, 4) is 0 Å². The van der Waals surface area contributed by atoms with Gasteiger partial charge in [-0.3, -0.25) is 0 Å². The van der Waals surface area contributed by atoms with Crippen molar-refractivity contribution >= 4 is 0 Å². The first kappa shape index (κ1) is 13.9. The molecule has 0 aromatic carbocycles. The molecule has 0 rings (SSSR count). The fraction of sp³-hybridized carbons (Fsp3) is 1.00. The molecule has 0 saturated heterocycles. The summed E-state index contributed by atoms with van der Waals surface area (Å²) in [6.45, 7) is 8.62. The SMILES string of the molecule is CCNC(C)CCN(C)CCCOC. The van der Waals surface area contributed by atoms with Gasteiger partial charge in [-0.05, 0) is 39.9 Å². The molecule has 14 heavy (non-hydrogen) atoms. The lowest BCUT2D eigenvalue weighted by Gasteiger charge is -2.19. The summed E-state index contributed by atoms with van der Waals surface area (Å²) in [4.78, 5) is 2.37. The van der Waals surface area contributed by atoms with E-state index >= 15 is 0 Å². The van der Waals surface area contributed by atoms with Gasteiger partial charge in [0.25, 0.3) is 0 Å². The Morgan fingerprint density at radius 1 is 1.36 bits per heavy atom. The van der Waals surface area contributed by atoms with E-state index in [0.29, 0.717) is 6.04 Å². The van der Waals surface area contributed by atoms with Gasteiger partial charge < -0.3 is 15.0 Å². The largest absolute Gasteiger partial charge is 0.385 e. The van der Waals surface area contributed by atoms with E-state index in [4.69, 9.17) is 4.74 Å². The Balaban J connectivity index is 3.29. The Morgan fingerprint density at radius 3 is 2.64 bits per heavy atom. The van der Waals surface area contributed by atoms with E-state index in [2.05, 4.69) is 31.1 Å². The van der Waals surface area contributed by atoms with Gasteiger partial charge in [0.15, 0.2) is 0 Å². The topological polar surface area (TPSA) is 24.5 Å². The van der Waals surface area contributed by atoms with Crippen LogP contribution in [0.3, 0.4) is 0 Å². The van der Waals surface area contributed by atoms with Gasteiger partial charge in [-0.2, -0.15) is 0 Å². The molecule has 0 bridgehead atoms. The van der Waals surface area contributed by atoms with Gasteiger partial charge in [-0.1, -0.05) is 6.92 Å². The number of hydrogen-bond acceptors (Lipinski definition) is 3. The summed E-state index contributed by atoms with van der Waals surface area (Å²) >= 11 is 0. The van der Waals surface area contributed by atoms with Crippen LogP contribution in [0.1, 0.15) is 26.7 Å². The second kappa shape index (κ2) is 9.44. The van der Waals surface area contributed by atoms with Crippen molar-refractivity contribution in [1.29, 1.82) is 0 Å². The predicted molar refractivity (Wildman–Crippen MR) is 61.7 cm³/mol. The lowest BCUT2D eigenvalue weighted by molar-refractivity contribution is 0.178. The van der Waals surface area contributed by atoms with Gasteiger partial charge in [0.2, 0.25) is 0 Å². The molecule has 86 valence electrons. The number of rotatable bonds is 9. The summed E-state index contributed by atoms with van der Waals surface area (Å²) in [6.07, 6.45) is 2.35. The summed E-state index contributed by atoms with van der Waals surface area (Å²) in [5.41, 5.74) is 0. The molecule has 0 aromatic heterocycles. The smallest absolute Gasteiger partial charge is 0.0474 e. The van der Waals surface area contributed by atoms with E-state index in [1.807, 2.05) is 0 Å². The third kappa shape index (κ3) is 8.48. The molecule has 0 spiro atoms. The molecule has 0 saturated carbocycles. The quantitative estimate of drug-likeness (QED) is 0.571. The average molecular weight is 202 g/mol. The molecule has 0 aliphatic heterocycles. The first-order valence-corrected chi connectivity index (χ1v) is 5.61. The molecular weight excluding hydrogens is 176 g/mol. The van der Waals surface area contributed by atoms with Crippen molar-refractivity contribution in [2.75, 3.05) is 40.4 Å². The van der Waals surface area contributed by atoms with E-state index in [9.17, 15) is 0 Å². The van der Waals surface area contributed by atoms with Crippen LogP contribution >= 0.6 is 0 Å². The van der Waals surface area contributed by atoms with Gasteiger partial charge in [0.1, 0.15) is 0 Å². The molecule has 0 heterocycles. The van der Waals surface area contributed by atoms with Crippen LogP contribution in [0.4, 0.5) is 0 Å². The van der Waals surface area contributed by atoms with E-state index in [1.165, 1.54) is 6.42 Å². The Hall–Kier alpha value is -0.120. The minimum atomic E-state index is 0.630.